The fourth-order valence-electron chi connectivity index (χ4n) is 3.92. The minimum absolute atomic E-state index is 0.0728. The number of carbonyl (C=O) groups is 2. The van der Waals surface area contributed by atoms with Gasteiger partial charge in [-0.25, -0.2) is 4.98 Å². The number of hydrogen-bond acceptors (Lipinski definition) is 6. The van der Waals surface area contributed by atoms with Crippen LogP contribution in [0.1, 0.15) is 25.3 Å². The van der Waals surface area contributed by atoms with Crippen molar-refractivity contribution >= 4 is 39.9 Å². The van der Waals surface area contributed by atoms with Gasteiger partial charge in [-0.15, -0.1) is 0 Å². The first-order valence-corrected chi connectivity index (χ1v) is 11.6. The summed E-state index contributed by atoms with van der Waals surface area (Å²) in [6, 6.07) is 15.0. The molecule has 2 N–H and O–H groups in total. The summed E-state index contributed by atoms with van der Waals surface area (Å²) in [4.78, 5) is 31.8. The monoisotopic (exact) mass is 462 g/mol. The van der Waals surface area contributed by atoms with Gasteiger partial charge in [-0.2, -0.15) is 0 Å². The second-order valence-corrected chi connectivity index (χ2v) is 8.15. The van der Waals surface area contributed by atoms with E-state index in [9.17, 15) is 9.59 Å². The van der Waals surface area contributed by atoms with Gasteiger partial charge in [0, 0.05) is 37.0 Å². The van der Waals surface area contributed by atoms with Crippen molar-refractivity contribution in [3.05, 3.63) is 54.1 Å². The maximum Gasteiger partial charge on any atom is 0.224 e. The Morgan fingerprint density at radius 3 is 2.53 bits per heavy atom. The number of para-hydroxylation sites is 2. The summed E-state index contributed by atoms with van der Waals surface area (Å²) in [5, 5.41) is 6.69. The Balaban J connectivity index is 1.35. The van der Waals surface area contributed by atoms with Crippen LogP contribution in [-0.4, -0.2) is 49.7 Å². The van der Waals surface area contributed by atoms with Crippen molar-refractivity contribution in [1.29, 1.82) is 0 Å². The Hall–Kier alpha value is -3.65. The van der Waals surface area contributed by atoms with Crippen molar-refractivity contribution in [2.75, 3.05) is 48.4 Å². The summed E-state index contributed by atoms with van der Waals surface area (Å²) in [7, 11) is 0. The predicted octanol–water partition coefficient (Wildman–Crippen LogP) is 4.14. The minimum Gasteiger partial charge on any atom is -0.492 e. The van der Waals surface area contributed by atoms with E-state index in [0.29, 0.717) is 36.9 Å². The van der Waals surface area contributed by atoms with Gasteiger partial charge in [0.2, 0.25) is 11.8 Å². The SMILES string of the molecule is CCOc1ccccc1NC(=O)CCC(=O)Nc1ccc2nc(N3CCOCC3)cc(C)c2c1. The molecule has 2 aromatic carbocycles. The molecule has 178 valence electrons. The number of fused-ring (bicyclic) bond motifs is 1. The highest BCUT2D eigenvalue weighted by Crippen LogP contribution is 2.26. The number of morpholine rings is 1. The van der Waals surface area contributed by atoms with Gasteiger partial charge in [0.25, 0.3) is 0 Å². The summed E-state index contributed by atoms with van der Waals surface area (Å²) in [6.07, 6.45) is 0.150. The van der Waals surface area contributed by atoms with Crippen molar-refractivity contribution < 1.29 is 19.1 Å². The number of ether oxygens (including phenoxy) is 2. The zero-order valence-electron chi connectivity index (χ0n) is 19.6. The fourth-order valence-corrected chi connectivity index (χ4v) is 3.92. The topological polar surface area (TPSA) is 92.8 Å². The highest BCUT2D eigenvalue weighted by molar-refractivity contribution is 5.98. The van der Waals surface area contributed by atoms with Crippen LogP contribution < -0.4 is 20.3 Å². The number of anilines is 3. The Bertz CT molecular complexity index is 1170. The second-order valence-electron chi connectivity index (χ2n) is 8.15. The van der Waals surface area contributed by atoms with Crippen molar-refractivity contribution in [2.45, 2.75) is 26.7 Å². The first-order valence-electron chi connectivity index (χ1n) is 11.6. The van der Waals surface area contributed by atoms with Crippen LogP contribution in [0.5, 0.6) is 5.75 Å². The van der Waals surface area contributed by atoms with Gasteiger partial charge in [0.15, 0.2) is 0 Å². The number of rotatable bonds is 8. The normalized spacial score (nSPS) is 13.5. The number of aromatic nitrogens is 1. The third-order valence-corrected chi connectivity index (χ3v) is 5.66. The van der Waals surface area contributed by atoms with Crippen LogP contribution in [0.25, 0.3) is 10.9 Å². The average molecular weight is 463 g/mol. The second kappa shape index (κ2) is 11.0. The quantitative estimate of drug-likeness (QED) is 0.523. The lowest BCUT2D eigenvalue weighted by Crippen LogP contribution is -2.36. The van der Waals surface area contributed by atoms with Crippen molar-refractivity contribution in [2.24, 2.45) is 0 Å². The van der Waals surface area contributed by atoms with E-state index in [-0.39, 0.29) is 24.7 Å². The molecule has 0 saturated carbocycles. The summed E-state index contributed by atoms with van der Waals surface area (Å²) in [5.41, 5.74) is 3.26. The van der Waals surface area contributed by atoms with Crippen LogP contribution in [0, 0.1) is 6.92 Å². The average Bonchev–Trinajstić information content (AvgIpc) is 2.85. The summed E-state index contributed by atoms with van der Waals surface area (Å²) >= 11 is 0. The lowest BCUT2D eigenvalue weighted by molar-refractivity contribution is -0.121. The number of pyridine rings is 1. The Morgan fingerprint density at radius 1 is 1.03 bits per heavy atom. The first kappa shape index (κ1) is 23.5. The number of hydrogen-bond donors (Lipinski definition) is 2. The van der Waals surface area contributed by atoms with Crippen LogP contribution in [-0.2, 0) is 14.3 Å². The molecule has 1 saturated heterocycles. The molecule has 0 radical (unpaired) electrons. The zero-order chi connectivity index (χ0) is 23.9. The van der Waals surface area contributed by atoms with Crippen LogP contribution >= 0.6 is 0 Å². The van der Waals surface area contributed by atoms with Crippen LogP contribution in [0.4, 0.5) is 17.2 Å². The Kier molecular flexibility index (Phi) is 7.59. The number of nitrogens with zero attached hydrogens (tertiary/aromatic N) is 2. The Labute approximate surface area is 199 Å². The van der Waals surface area contributed by atoms with E-state index in [1.165, 1.54) is 0 Å². The largest absolute Gasteiger partial charge is 0.492 e. The molecular formula is C26H30N4O4. The van der Waals surface area contributed by atoms with E-state index < -0.39 is 0 Å². The predicted molar refractivity (Wildman–Crippen MR) is 134 cm³/mol. The minimum atomic E-state index is -0.239. The third-order valence-electron chi connectivity index (χ3n) is 5.66. The molecule has 2 heterocycles. The molecule has 1 fully saturated rings. The molecular weight excluding hydrogens is 432 g/mol. The van der Waals surface area contributed by atoms with E-state index in [4.69, 9.17) is 14.5 Å². The van der Waals surface area contributed by atoms with Gasteiger partial charge in [-0.1, -0.05) is 12.1 Å². The summed E-state index contributed by atoms with van der Waals surface area (Å²) < 4.78 is 11.0. The maximum absolute atomic E-state index is 12.5. The lowest BCUT2D eigenvalue weighted by atomic mass is 10.1. The molecule has 8 nitrogen and oxygen atoms in total. The van der Waals surface area contributed by atoms with Gasteiger partial charge in [0.05, 0.1) is 31.0 Å². The molecule has 0 bridgehead atoms. The number of amides is 2. The van der Waals surface area contributed by atoms with Crippen molar-refractivity contribution in [1.82, 2.24) is 4.98 Å². The Morgan fingerprint density at radius 2 is 1.76 bits per heavy atom. The third kappa shape index (κ3) is 5.82. The number of carbonyl (C=O) groups excluding carboxylic acids is 2. The molecule has 2 amide bonds. The van der Waals surface area contributed by atoms with Crippen molar-refractivity contribution in [3.63, 3.8) is 0 Å². The van der Waals surface area contributed by atoms with Crippen molar-refractivity contribution in [3.8, 4) is 5.75 Å². The van der Waals surface area contributed by atoms with E-state index in [1.54, 1.807) is 12.1 Å². The maximum atomic E-state index is 12.5. The first-order chi connectivity index (χ1) is 16.5. The van der Waals surface area contributed by atoms with Gasteiger partial charge in [0.1, 0.15) is 11.6 Å². The molecule has 1 aromatic heterocycles. The molecule has 0 atom stereocenters. The van der Waals surface area contributed by atoms with Gasteiger partial charge < -0.3 is 25.0 Å². The number of aryl methyl sites for hydroxylation is 1. The van der Waals surface area contributed by atoms with Gasteiger partial charge >= 0.3 is 0 Å². The highest BCUT2D eigenvalue weighted by Gasteiger charge is 2.15. The molecule has 34 heavy (non-hydrogen) atoms. The van der Waals surface area contributed by atoms with Crippen LogP contribution in [0.15, 0.2) is 48.5 Å². The zero-order valence-corrected chi connectivity index (χ0v) is 19.6. The number of benzene rings is 2. The molecule has 0 spiro atoms. The van der Waals surface area contributed by atoms with Gasteiger partial charge in [-0.05, 0) is 55.8 Å². The standard InChI is InChI=1S/C26H30N4O4/c1-3-34-23-7-5-4-6-22(23)29-26(32)11-10-25(31)27-19-8-9-21-20(17-19)18(2)16-24(28-21)30-12-14-33-15-13-30/h4-9,16-17H,3,10-15H2,1-2H3,(H,27,31)(H,29,32). The van der Waals surface area contributed by atoms with E-state index in [1.807, 2.05) is 44.2 Å². The van der Waals surface area contributed by atoms with E-state index >= 15 is 0 Å². The van der Waals surface area contributed by atoms with Gasteiger partial charge in [-0.3, -0.25) is 9.59 Å². The molecule has 8 heteroatoms. The lowest BCUT2D eigenvalue weighted by Gasteiger charge is -2.28. The molecule has 0 aliphatic carbocycles. The molecule has 4 rings (SSSR count). The highest BCUT2D eigenvalue weighted by atomic mass is 16.5. The smallest absolute Gasteiger partial charge is 0.224 e. The fraction of sp³-hybridized carbons (Fsp3) is 0.346. The van der Waals surface area contributed by atoms with E-state index in [2.05, 4.69) is 21.6 Å². The summed E-state index contributed by atoms with van der Waals surface area (Å²) in [5.74, 6) is 1.10. The van der Waals surface area contributed by atoms with Crippen LogP contribution in [0.3, 0.4) is 0 Å². The molecule has 3 aromatic rings. The molecule has 0 unspecified atom stereocenters. The number of nitrogens with one attached hydrogen (secondary N) is 2. The summed E-state index contributed by atoms with van der Waals surface area (Å²) in [6.45, 7) is 7.51. The molecule has 1 aliphatic rings. The van der Waals surface area contributed by atoms with Crippen LogP contribution in [0.2, 0.25) is 0 Å². The molecule has 1 aliphatic heterocycles. The van der Waals surface area contributed by atoms with E-state index in [0.717, 1.165) is 35.4 Å².